The number of nitrogens with zero attached hydrogens (tertiary/aromatic N) is 2. The molecule has 0 radical (unpaired) electrons. The molecule has 3 N–H and O–H groups in total. The van der Waals surface area contributed by atoms with Gasteiger partial charge in [0.15, 0.2) is 5.96 Å². The molecule has 142 valence electrons. The molecule has 0 aromatic carbocycles. The summed E-state index contributed by atoms with van der Waals surface area (Å²) in [5.74, 6) is 0.963. The van der Waals surface area contributed by atoms with Gasteiger partial charge in [0, 0.05) is 24.2 Å². The molecule has 1 atom stereocenters. The molecule has 0 saturated heterocycles. The number of aromatic nitrogens is 1. The van der Waals surface area contributed by atoms with Crippen molar-refractivity contribution in [3.63, 3.8) is 0 Å². The van der Waals surface area contributed by atoms with Gasteiger partial charge in [-0.15, -0.1) is 35.3 Å². The van der Waals surface area contributed by atoms with Crippen molar-refractivity contribution >= 4 is 52.9 Å². The highest BCUT2D eigenvalue weighted by molar-refractivity contribution is 14.0. The molecule has 1 unspecified atom stereocenters. The molecule has 2 aromatic rings. The number of pyridine rings is 1. The number of rotatable bonds is 8. The first-order chi connectivity index (χ1) is 12.2. The normalized spacial score (nSPS) is 12.0. The van der Waals surface area contributed by atoms with E-state index in [4.69, 9.17) is 0 Å². The number of anilines is 1. The van der Waals surface area contributed by atoms with Gasteiger partial charge in [0.1, 0.15) is 6.54 Å². The van der Waals surface area contributed by atoms with E-state index in [0.29, 0.717) is 17.6 Å². The summed E-state index contributed by atoms with van der Waals surface area (Å²) in [7, 11) is 0. The van der Waals surface area contributed by atoms with E-state index in [0.717, 1.165) is 19.5 Å². The van der Waals surface area contributed by atoms with Crippen LogP contribution in [0.2, 0.25) is 0 Å². The summed E-state index contributed by atoms with van der Waals surface area (Å²) in [5.41, 5.74) is 0.672. The lowest BCUT2D eigenvalue weighted by molar-refractivity contribution is -0.114. The highest BCUT2D eigenvalue weighted by Crippen LogP contribution is 2.13. The molecule has 2 heterocycles. The zero-order valence-corrected chi connectivity index (χ0v) is 18.2. The van der Waals surface area contributed by atoms with E-state index in [1.54, 1.807) is 35.9 Å². The standard InChI is InChI=1S/C18H25N5OS.HI/c1-3-20-18(21-11-14(2)10-16-7-5-9-25-16)22-13-17(24)23-15-6-4-8-19-12-15;/h4-9,12,14H,3,10-11,13H2,1-2H3,(H,23,24)(H2,20,21,22);1H. The number of aliphatic imine (C=N–C) groups is 1. The van der Waals surface area contributed by atoms with Gasteiger partial charge in [0.25, 0.3) is 0 Å². The Morgan fingerprint density at radius 2 is 2.15 bits per heavy atom. The van der Waals surface area contributed by atoms with Crippen molar-refractivity contribution in [2.75, 3.05) is 25.0 Å². The van der Waals surface area contributed by atoms with Crippen LogP contribution >= 0.6 is 35.3 Å². The number of guanidine groups is 1. The number of carbonyl (C=O) groups is 1. The van der Waals surface area contributed by atoms with E-state index in [2.05, 4.69) is 50.4 Å². The molecule has 0 aliphatic carbocycles. The van der Waals surface area contributed by atoms with E-state index in [1.807, 2.05) is 6.92 Å². The highest BCUT2D eigenvalue weighted by Gasteiger charge is 2.07. The van der Waals surface area contributed by atoms with Crippen molar-refractivity contribution in [1.82, 2.24) is 15.6 Å². The van der Waals surface area contributed by atoms with Crippen LogP contribution in [0.3, 0.4) is 0 Å². The molecule has 0 spiro atoms. The number of carbonyl (C=O) groups excluding carboxylic acids is 1. The summed E-state index contributed by atoms with van der Waals surface area (Å²) in [6, 6.07) is 7.81. The van der Waals surface area contributed by atoms with Crippen LogP contribution in [0.5, 0.6) is 0 Å². The zero-order valence-electron chi connectivity index (χ0n) is 15.1. The molecule has 0 aliphatic heterocycles. The quantitative estimate of drug-likeness (QED) is 0.304. The summed E-state index contributed by atoms with van der Waals surface area (Å²) in [6.45, 7) is 5.81. The predicted molar refractivity (Wildman–Crippen MR) is 119 cm³/mol. The van der Waals surface area contributed by atoms with Gasteiger partial charge in [0.2, 0.25) is 5.91 Å². The molecule has 2 rings (SSSR count). The second-order valence-electron chi connectivity index (χ2n) is 5.75. The van der Waals surface area contributed by atoms with Gasteiger partial charge in [-0.2, -0.15) is 0 Å². The predicted octanol–water partition coefficient (Wildman–Crippen LogP) is 3.13. The fourth-order valence-corrected chi connectivity index (χ4v) is 3.11. The first-order valence-corrected chi connectivity index (χ1v) is 9.29. The summed E-state index contributed by atoms with van der Waals surface area (Å²) in [4.78, 5) is 21.7. The fraction of sp³-hybridized carbons (Fsp3) is 0.389. The first-order valence-electron chi connectivity index (χ1n) is 8.41. The molecule has 6 nitrogen and oxygen atoms in total. The molecular weight excluding hydrogens is 461 g/mol. The number of amides is 1. The minimum Gasteiger partial charge on any atom is -0.357 e. The third-order valence-corrected chi connectivity index (χ3v) is 4.32. The van der Waals surface area contributed by atoms with Crippen LogP contribution < -0.4 is 16.0 Å². The first kappa shape index (κ1) is 22.4. The molecule has 26 heavy (non-hydrogen) atoms. The van der Waals surface area contributed by atoms with E-state index in [1.165, 1.54) is 4.88 Å². The number of nitrogens with one attached hydrogen (secondary N) is 3. The highest BCUT2D eigenvalue weighted by atomic mass is 127. The van der Waals surface area contributed by atoms with Crippen molar-refractivity contribution in [1.29, 1.82) is 0 Å². The van der Waals surface area contributed by atoms with Crippen LogP contribution in [0.15, 0.2) is 47.0 Å². The molecule has 0 saturated carbocycles. The van der Waals surface area contributed by atoms with Crippen LogP contribution in [0, 0.1) is 5.92 Å². The smallest absolute Gasteiger partial charge is 0.246 e. The maximum atomic E-state index is 12.0. The maximum absolute atomic E-state index is 12.0. The van der Waals surface area contributed by atoms with E-state index in [9.17, 15) is 4.79 Å². The minimum absolute atomic E-state index is 0. The van der Waals surface area contributed by atoms with Gasteiger partial charge in [-0.25, -0.2) is 4.99 Å². The Hall–Kier alpha value is -1.68. The average molecular weight is 487 g/mol. The number of halogens is 1. The summed E-state index contributed by atoms with van der Waals surface area (Å²) >= 11 is 1.78. The third-order valence-electron chi connectivity index (χ3n) is 3.42. The van der Waals surface area contributed by atoms with Gasteiger partial charge in [-0.05, 0) is 42.8 Å². The van der Waals surface area contributed by atoms with Crippen molar-refractivity contribution < 1.29 is 4.79 Å². The molecule has 0 fully saturated rings. The van der Waals surface area contributed by atoms with Gasteiger partial charge in [0.05, 0.1) is 11.9 Å². The van der Waals surface area contributed by atoms with E-state index < -0.39 is 0 Å². The Balaban J connectivity index is 0.00000338. The number of hydrogen-bond acceptors (Lipinski definition) is 4. The van der Waals surface area contributed by atoms with Gasteiger partial charge >= 0.3 is 0 Å². The van der Waals surface area contributed by atoms with Gasteiger partial charge in [-0.1, -0.05) is 13.0 Å². The van der Waals surface area contributed by atoms with Crippen LogP contribution in [-0.4, -0.2) is 36.5 Å². The molecular formula is C18H26IN5OS. The zero-order chi connectivity index (χ0) is 17.9. The minimum atomic E-state index is -0.170. The van der Waals surface area contributed by atoms with Gasteiger partial charge < -0.3 is 16.0 Å². The largest absolute Gasteiger partial charge is 0.357 e. The Kier molecular flexibility index (Phi) is 10.9. The second-order valence-corrected chi connectivity index (χ2v) is 6.79. The molecule has 0 aliphatic rings. The summed E-state index contributed by atoms with van der Waals surface area (Å²) in [6.07, 6.45) is 4.31. The maximum Gasteiger partial charge on any atom is 0.246 e. The van der Waals surface area contributed by atoms with Crippen LogP contribution in [0.4, 0.5) is 5.69 Å². The molecule has 8 heteroatoms. The van der Waals surface area contributed by atoms with Crippen molar-refractivity contribution in [3.8, 4) is 0 Å². The Morgan fingerprint density at radius 3 is 2.81 bits per heavy atom. The topological polar surface area (TPSA) is 78.4 Å². The SMILES string of the molecule is CCNC(=NCC(=O)Nc1cccnc1)NCC(C)Cc1cccs1.I. The lowest BCUT2D eigenvalue weighted by Crippen LogP contribution is -2.40. The van der Waals surface area contributed by atoms with Crippen molar-refractivity contribution in [2.24, 2.45) is 10.9 Å². The van der Waals surface area contributed by atoms with E-state index in [-0.39, 0.29) is 36.4 Å². The molecule has 0 bridgehead atoms. The van der Waals surface area contributed by atoms with Crippen LogP contribution in [0.25, 0.3) is 0 Å². The number of hydrogen-bond donors (Lipinski definition) is 3. The lowest BCUT2D eigenvalue weighted by Gasteiger charge is -2.15. The summed E-state index contributed by atoms with van der Waals surface area (Å²) in [5, 5.41) is 11.3. The average Bonchev–Trinajstić information content (AvgIpc) is 3.11. The van der Waals surface area contributed by atoms with E-state index >= 15 is 0 Å². The van der Waals surface area contributed by atoms with Crippen molar-refractivity contribution in [3.05, 3.63) is 46.9 Å². The molecule has 2 aromatic heterocycles. The lowest BCUT2D eigenvalue weighted by atomic mass is 10.1. The summed E-state index contributed by atoms with van der Waals surface area (Å²) < 4.78 is 0. The number of thiophene rings is 1. The fourth-order valence-electron chi connectivity index (χ4n) is 2.25. The Labute approximate surface area is 175 Å². The van der Waals surface area contributed by atoms with Crippen LogP contribution in [0.1, 0.15) is 18.7 Å². The third kappa shape index (κ3) is 8.61. The van der Waals surface area contributed by atoms with Gasteiger partial charge in [-0.3, -0.25) is 9.78 Å². The monoisotopic (exact) mass is 487 g/mol. The Morgan fingerprint density at radius 1 is 1.31 bits per heavy atom. The van der Waals surface area contributed by atoms with Crippen molar-refractivity contribution in [2.45, 2.75) is 20.3 Å². The Bertz CT molecular complexity index is 663. The molecule has 1 amide bonds. The van der Waals surface area contributed by atoms with Crippen LogP contribution in [-0.2, 0) is 11.2 Å². The second kappa shape index (κ2) is 12.6.